The zero-order valence-corrected chi connectivity index (χ0v) is 19.6. The number of nitrogens with zero attached hydrogens (tertiary/aromatic N) is 3. The number of alkyl halides is 3. The number of hydrogen-bond donors (Lipinski definition) is 1. The van der Waals surface area contributed by atoms with Gasteiger partial charge in [-0.25, -0.2) is 9.18 Å². The summed E-state index contributed by atoms with van der Waals surface area (Å²) in [6.45, 7) is 3.30. The number of likely N-dealkylation sites (tertiary alicyclic amines) is 2. The summed E-state index contributed by atoms with van der Waals surface area (Å²) in [5.74, 6) is -3.00. The molecule has 2 fully saturated rings. The molecular weight excluding hydrogens is 478 g/mol. The van der Waals surface area contributed by atoms with E-state index < -0.39 is 12.1 Å². The Morgan fingerprint density at radius 1 is 0.972 bits per heavy atom. The summed E-state index contributed by atoms with van der Waals surface area (Å²) in [6, 6.07) is 16.0. The van der Waals surface area contributed by atoms with Crippen molar-refractivity contribution in [2.24, 2.45) is 0 Å². The Labute approximate surface area is 206 Å². The molecule has 6 nitrogen and oxygen atoms in total. The van der Waals surface area contributed by atoms with E-state index in [2.05, 4.69) is 11.0 Å². The fourth-order valence-corrected chi connectivity index (χ4v) is 4.94. The first-order chi connectivity index (χ1) is 17.1. The number of carboxylic acids is 1. The summed E-state index contributed by atoms with van der Waals surface area (Å²) in [7, 11) is 0. The van der Waals surface area contributed by atoms with Crippen LogP contribution in [0.4, 0.5) is 17.6 Å². The largest absolute Gasteiger partial charge is 0.490 e. The van der Waals surface area contributed by atoms with Gasteiger partial charge in [-0.3, -0.25) is 9.69 Å². The smallest absolute Gasteiger partial charge is 0.475 e. The number of rotatable bonds is 3. The maximum absolute atomic E-state index is 13.2. The van der Waals surface area contributed by atoms with Gasteiger partial charge in [-0.1, -0.05) is 24.3 Å². The Balaban J connectivity index is 0.000000454. The number of nitriles is 1. The fourth-order valence-electron chi connectivity index (χ4n) is 4.94. The minimum atomic E-state index is -5.08. The van der Waals surface area contributed by atoms with Gasteiger partial charge in [0.2, 0.25) is 0 Å². The molecule has 0 aliphatic carbocycles. The van der Waals surface area contributed by atoms with Gasteiger partial charge in [0, 0.05) is 25.2 Å². The van der Waals surface area contributed by atoms with Crippen molar-refractivity contribution in [3.05, 3.63) is 71.0 Å². The Morgan fingerprint density at radius 3 is 2.19 bits per heavy atom. The number of carboxylic acid groups (broad SMARTS) is 1. The molecule has 2 aliphatic heterocycles. The average Bonchev–Trinajstić information content (AvgIpc) is 3.09. The Hall–Kier alpha value is -3.45. The maximum Gasteiger partial charge on any atom is 0.490 e. The highest BCUT2D eigenvalue weighted by Crippen LogP contribution is 2.39. The Morgan fingerprint density at radius 2 is 1.58 bits per heavy atom. The summed E-state index contributed by atoms with van der Waals surface area (Å²) in [6.07, 6.45) is 0.185. The molecule has 36 heavy (non-hydrogen) atoms. The van der Waals surface area contributed by atoms with E-state index in [1.54, 1.807) is 18.2 Å². The van der Waals surface area contributed by atoms with Gasteiger partial charge >= 0.3 is 12.1 Å². The van der Waals surface area contributed by atoms with Crippen LogP contribution in [0.25, 0.3) is 0 Å². The van der Waals surface area contributed by atoms with E-state index in [0.717, 1.165) is 57.3 Å². The standard InChI is InChI=1S/C24H26FN3O.C2HF3O2/c25-21-9-7-19(8-10-21)18-28-15-4-12-24(28)11-3-14-27(16-13-24)23(29)22-6-2-1-5-20(22)17-26;3-2(4,5)1(6)7/h1-2,5-10H,3-4,11-16,18H2;(H,6,7). The minimum absolute atomic E-state index is 0.0396. The van der Waals surface area contributed by atoms with Gasteiger partial charge in [-0.05, 0) is 68.5 Å². The summed E-state index contributed by atoms with van der Waals surface area (Å²) in [5.41, 5.74) is 2.18. The Kier molecular flexibility index (Phi) is 8.69. The molecule has 2 aromatic carbocycles. The molecule has 0 radical (unpaired) electrons. The lowest BCUT2D eigenvalue weighted by molar-refractivity contribution is -0.192. The van der Waals surface area contributed by atoms with Crippen LogP contribution >= 0.6 is 0 Å². The molecule has 2 saturated heterocycles. The molecule has 0 aromatic heterocycles. The highest BCUT2D eigenvalue weighted by atomic mass is 19.4. The van der Waals surface area contributed by atoms with Gasteiger partial charge in [0.05, 0.1) is 17.2 Å². The first kappa shape index (κ1) is 27.1. The maximum atomic E-state index is 13.2. The van der Waals surface area contributed by atoms with E-state index >= 15 is 0 Å². The molecule has 10 heteroatoms. The van der Waals surface area contributed by atoms with Crippen molar-refractivity contribution in [2.75, 3.05) is 19.6 Å². The van der Waals surface area contributed by atoms with Crippen LogP contribution in [0.1, 0.15) is 53.6 Å². The van der Waals surface area contributed by atoms with Gasteiger partial charge < -0.3 is 10.0 Å². The average molecular weight is 506 g/mol. The lowest BCUT2D eigenvalue weighted by atomic mass is 9.87. The number of carbonyl (C=O) groups excluding carboxylic acids is 1. The number of carbonyl (C=O) groups is 2. The summed E-state index contributed by atoms with van der Waals surface area (Å²) >= 11 is 0. The highest BCUT2D eigenvalue weighted by molar-refractivity contribution is 5.96. The van der Waals surface area contributed by atoms with E-state index in [-0.39, 0.29) is 17.3 Å². The predicted octanol–water partition coefficient (Wildman–Crippen LogP) is 4.99. The molecule has 1 unspecified atom stereocenters. The van der Waals surface area contributed by atoms with Crippen LogP contribution in [0, 0.1) is 17.1 Å². The van der Waals surface area contributed by atoms with E-state index in [1.165, 1.54) is 12.1 Å². The summed E-state index contributed by atoms with van der Waals surface area (Å²) in [4.78, 5) is 26.4. The lowest BCUT2D eigenvalue weighted by Gasteiger charge is -2.38. The van der Waals surface area contributed by atoms with Crippen LogP contribution in [0.3, 0.4) is 0 Å². The van der Waals surface area contributed by atoms with Crippen LogP contribution in [0.2, 0.25) is 0 Å². The first-order valence-electron chi connectivity index (χ1n) is 11.6. The number of hydrogen-bond acceptors (Lipinski definition) is 4. The predicted molar refractivity (Wildman–Crippen MR) is 123 cm³/mol. The molecule has 2 aliphatic rings. The number of amides is 1. The van der Waals surface area contributed by atoms with E-state index in [0.29, 0.717) is 17.7 Å². The third-order valence-electron chi connectivity index (χ3n) is 6.75. The number of halogens is 4. The van der Waals surface area contributed by atoms with Crippen molar-refractivity contribution in [1.82, 2.24) is 9.80 Å². The third kappa shape index (κ3) is 6.61. The quantitative estimate of drug-likeness (QED) is 0.594. The molecule has 192 valence electrons. The van der Waals surface area contributed by atoms with Gasteiger partial charge in [0.25, 0.3) is 5.91 Å². The van der Waals surface area contributed by atoms with Gasteiger partial charge in [-0.2, -0.15) is 18.4 Å². The zero-order valence-electron chi connectivity index (χ0n) is 19.6. The van der Waals surface area contributed by atoms with Gasteiger partial charge in [0.15, 0.2) is 0 Å². The molecule has 1 amide bonds. The van der Waals surface area contributed by atoms with Crippen LogP contribution < -0.4 is 0 Å². The monoisotopic (exact) mass is 505 g/mol. The second-order valence-electron chi connectivity index (χ2n) is 8.98. The molecular formula is C26H27F4N3O3. The summed E-state index contributed by atoms with van der Waals surface area (Å²) in [5, 5.41) is 16.5. The molecule has 1 N–H and O–H groups in total. The first-order valence-corrected chi connectivity index (χ1v) is 11.6. The third-order valence-corrected chi connectivity index (χ3v) is 6.75. The van der Waals surface area contributed by atoms with E-state index in [4.69, 9.17) is 9.90 Å². The SMILES string of the molecule is N#Cc1ccccc1C(=O)N1CCCC2(CCCN2Cc2ccc(F)cc2)CC1.O=C(O)C(F)(F)F. The molecule has 4 rings (SSSR count). The topological polar surface area (TPSA) is 84.6 Å². The normalized spacial score (nSPS) is 20.2. The number of aliphatic carboxylic acids is 1. The van der Waals surface area contributed by atoms with Crippen LogP contribution in [0.15, 0.2) is 48.5 Å². The van der Waals surface area contributed by atoms with Crippen molar-refractivity contribution in [1.29, 1.82) is 5.26 Å². The molecule has 1 atom stereocenters. The van der Waals surface area contributed by atoms with Crippen molar-refractivity contribution in [2.45, 2.75) is 50.4 Å². The fraction of sp³-hybridized carbons (Fsp3) is 0.423. The number of benzene rings is 2. The molecule has 0 bridgehead atoms. The second kappa shape index (κ2) is 11.5. The summed E-state index contributed by atoms with van der Waals surface area (Å²) < 4.78 is 45.0. The zero-order chi connectivity index (χ0) is 26.3. The molecule has 0 saturated carbocycles. The van der Waals surface area contributed by atoms with Gasteiger partial charge in [0.1, 0.15) is 5.82 Å². The molecule has 2 aromatic rings. The van der Waals surface area contributed by atoms with Crippen molar-refractivity contribution in [3.63, 3.8) is 0 Å². The highest BCUT2D eigenvalue weighted by Gasteiger charge is 2.42. The van der Waals surface area contributed by atoms with E-state index in [9.17, 15) is 27.6 Å². The molecule has 2 heterocycles. The van der Waals surface area contributed by atoms with Crippen LogP contribution in [-0.2, 0) is 11.3 Å². The lowest BCUT2D eigenvalue weighted by Crippen LogP contribution is -2.44. The van der Waals surface area contributed by atoms with Crippen molar-refractivity contribution < 1.29 is 32.3 Å². The Bertz CT molecular complexity index is 1110. The van der Waals surface area contributed by atoms with Crippen molar-refractivity contribution >= 4 is 11.9 Å². The minimum Gasteiger partial charge on any atom is -0.475 e. The second-order valence-corrected chi connectivity index (χ2v) is 8.98. The van der Waals surface area contributed by atoms with Gasteiger partial charge in [-0.15, -0.1) is 0 Å². The molecule has 1 spiro atoms. The van der Waals surface area contributed by atoms with Crippen LogP contribution in [-0.4, -0.2) is 58.1 Å². The van der Waals surface area contributed by atoms with Crippen LogP contribution in [0.5, 0.6) is 0 Å². The van der Waals surface area contributed by atoms with E-state index in [1.807, 2.05) is 23.1 Å². The van der Waals surface area contributed by atoms with Crippen molar-refractivity contribution in [3.8, 4) is 6.07 Å².